The van der Waals surface area contributed by atoms with Crippen LogP contribution in [0.4, 0.5) is 11.4 Å². The predicted molar refractivity (Wildman–Crippen MR) is 188 cm³/mol. The molecule has 1 heterocycles. The van der Waals surface area contributed by atoms with Crippen LogP contribution in [0.5, 0.6) is 0 Å². The summed E-state index contributed by atoms with van der Waals surface area (Å²) in [5, 5.41) is 21.5. The summed E-state index contributed by atoms with van der Waals surface area (Å²) in [6.07, 6.45) is 18.2. The number of benzene rings is 1. The van der Waals surface area contributed by atoms with Crippen LogP contribution in [0.1, 0.15) is 129 Å². The quantitative estimate of drug-likeness (QED) is 0.236. The molecule has 2 N–H and O–H groups in total. The second-order valence-corrected chi connectivity index (χ2v) is 14.6. The Morgan fingerprint density at radius 2 is 1.49 bits per heavy atom. The third-order valence-electron chi connectivity index (χ3n) is 11.6. The van der Waals surface area contributed by atoms with Gasteiger partial charge < -0.3 is 15.3 Å². The molecule has 8 nitrogen and oxygen atoms in total. The van der Waals surface area contributed by atoms with E-state index in [9.17, 15) is 19.5 Å². The van der Waals surface area contributed by atoms with Gasteiger partial charge in [0.15, 0.2) is 0 Å². The first-order chi connectivity index (χ1) is 22.8. The first-order valence-electron chi connectivity index (χ1n) is 18.6. The monoisotopic (exact) mass is 642 g/mol. The van der Waals surface area contributed by atoms with Crippen molar-refractivity contribution >= 4 is 40.3 Å². The molecule has 3 saturated carbocycles. The van der Waals surface area contributed by atoms with E-state index in [-0.39, 0.29) is 40.5 Å². The van der Waals surface area contributed by atoms with Crippen LogP contribution in [0.15, 0.2) is 40.2 Å². The molecule has 2 amide bonds. The lowest BCUT2D eigenvalue weighted by Gasteiger charge is -2.41. The van der Waals surface area contributed by atoms with Crippen molar-refractivity contribution in [3.05, 3.63) is 40.7 Å². The van der Waals surface area contributed by atoms with Crippen molar-refractivity contribution in [3.63, 3.8) is 0 Å². The number of carbonyl (C=O) groups excluding carboxylic acids is 3. The van der Waals surface area contributed by atoms with E-state index in [1.807, 2.05) is 12.1 Å². The molecule has 47 heavy (non-hydrogen) atoms. The SMILES string of the molecule is CCN(CC)c1ccc(C2=C(O)/C(=C3/C(=O)N(C(C4CCCCC4)C4CCCCC4)N=C3CCC3CCCC3)C2=O)c(NC(C)=O)c1. The summed E-state index contributed by atoms with van der Waals surface area (Å²) in [5.74, 6) is 0.469. The van der Waals surface area contributed by atoms with Gasteiger partial charge in [-0.1, -0.05) is 64.2 Å². The number of nitrogens with one attached hydrogen (secondary N) is 1. The highest BCUT2D eigenvalue weighted by molar-refractivity contribution is 6.44. The molecular formula is C39H54N4O4. The molecular weight excluding hydrogens is 588 g/mol. The fourth-order valence-electron chi connectivity index (χ4n) is 9.18. The lowest BCUT2D eigenvalue weighted by atomic mass is 9.73. The molecule has 8 heteroatoms. The predicted octanol–water partition coefficient (Wildman–Crippen LogP) is 8.34. The molecule has 0 unspecified atom stereocenters. The van der Waals surface area contributed by atoms with Gasteiger partial charge in [-0.2, -0.15) is 5.10 Å². The number of Topliss-reactive ketones (excluding diaryl/α,β-unsaturated/α-hetero) is 1. The topological polar surface area (TPSA) is 102 Å². The van der Waals surface area contributed by atoms with Gasteiger partial charge in [0.1, 0.15) is 5.76 Å². The van der Waals surface area contributed by atoms with Crippen molar-refractivity contribution < 1.29 is 19.5 Å². The van der Waals surface area contributed by atoms with Gasteiger partial charge in [-0.05, 0) is 88.3 Å². The third kappa shape index (κ3) is 6.80. The molecule has 1 aliphatic heterocycles. The number of nitrogens with zero attached hydrogens (tertiary/aromatic N) is 3. The molecule has 0 bridgehead atoms. The molecule has 0 radical (unpaired) electrons. The maximum atomic E-state index is 14.6. The van der Waals surface area contributed by atoms with E-state index in [4.69, 9.17) is 5.10 Å². The summed E-state index contributed by atoms with van der Waals surface area (Å²) in [7, 11) is 0. The molecule has 254 valence electrons. The second-order valence-electron chi connectivity index (χ2n) is 14.6. The second kappa shape index (κ2) is 14.8. The number of ketones is 1. The smallest absolute Gasteiger partial charge is 0.277 e. The Balaban J connectivity index is 1.40. The number of amides is 2. The summed E-state index contributed by atoms with van der Waals surface area (Å²) < 4.78 is 0. The molecule has 0 atom stereocenters. The van der Waals surface area contributed by atoms with Crippen LogP contribution in [-0.4, -0.2) is 52.6 Å². The van der Waals surface area contributed by atoms with Crippen LogP contribution in [0.25, 0.3) is 5.57 Å². The molecule has 3 fully saturated rings. The van der Waals surface area contributed by atoms with E-state index >= 15 is 0 Å². The number of allylic oxidation sites excluding steroid dienone is 2. The van der Waals surface area contributed by atoms with E-state index in [0.29, 0.717) is 46.7 Å². The van der Waals surface area contributed by atoms with Crippen molar-refractivity contribution in [2.24, 2.45) is 22.9 Å². The molecule has 0 saturated heterocycles. The van der Waals surface area contributed by atoms with Crippen LogP contribution in [0, 0.1) is 17.8 Å². The average molecular weight is 643 g/mol. The van der Waals surface area contributed by atoms with E-state index in [1.165, 1.54) is 71.1 Å². The number of aliphatic hydroxyl groups is 1. The first kappa shape index (κ1) is 33.5. The maximum absolute atomic E-state index is 14.6. The zero-order chi connectivity index (χ0) is 33.1. The lowest BCUT2D eigenvalue weighted by Crippen LogP contribution is -2.46. The van der Waals surface area contributed by atoms with Crippen molar-refractivity contribution in [3.8, 4) is 0 Å². The van der Waals surface area contributed by atoms with Crippen molar-refractivity contribution in [1.29, 1.82) is 0 Å². The largest absolute Gasteiger partial charge is 0.506 e. The molecule has 1 aromatic rings. The Bertz CT molecular complexity index is 1430. The minimum Gasteiger partial charge on any atom is -0.506 e. The highest BCUT2D eigenvalue weighted by Crippen LogP contribution is 2.46. The lowest BCUT2D eigenvalue weighted by molar-refractivity contribution is -0.131. The fraction of sp³-hybridized carbons (Fsp3) is 0.641. The number of anilines is 2. The molecule has 5 aliphatic rings. The summed E-state index contributed by atoms with van der Waals surface area (Å²) >= 11 is 0. The number of carbonyl (C=O) groups is 3. The van der Waals surface area contributed by atoms with Crippen LogP contribution in [0.3, 0.4) is 0 Å². The van der Waals surface area contributed by atoms with Gasteiger partial charge >= 0.3 is 0 Å². The minimum atomic E-state index is -0.352. The average Bonchev–Trinajstić information content (AvgIpc) is 3.71. The summed E-state index contributed by atoms with van der Waals surface area (Å²) in [4.78, 5) is 43.1. The van der Waals surface area contributed by atoms with E-state index in [1.54, 1.807) is 11.1 Å². The van der Waals surface area contributed by atoms with Gasteiger partial charge in [0, 0.05) is 31.3 Å². The van der Waals surface area contributed by atoms with Crippen molar-refractivity contribution in [1.82, 2.24) is 5.01 Å². The summed E-state index contributed by atoms with van der Waals surface area (Å²) in [5.41, 5.74) is 3.11. The van der Waals surface area contributed by atoms with E-state index < -0.39 is 0 Å². The Labute approximate surface area is 280 Å². The molecule has 4 aliphatic carbocycles. The van der Waals surface area contributed by atoms with Gasteiger partial charge in [0.2, 0.25) is 11.7 Å². The zero-order valence-corrected chi connectivity index (χ0v) is 28.8. The highest BCUT2D eigenvalue weighted by atomic mass is 16.3. The standard InChI is InChI=1S/C39H54N4O4/c1-4-42(5-2)29-21-22-30(32(24-29)40-25(3)44)33-37(45)35(38(33)46)34-31(23-20-26-14-12-13-15-26)41-43(39(34)47)36(27-16-8-6-9-17-27)28-18-10-7-11-19-28/h21-22,24,26-28,36,45H,4-20,23H2,1-3H3,(H,40,44)/b35-34-. The maximum Gasteiger partial charge on any atom is 0.277 e. The fourth-order valence-corrected chi connectivity index (χ4v) is 9.18. The van der Waals surface area contributed by atoms with Crippen molar-refractivity contribution in [2.75, 3.05) is 23.3 Å². The molecule has 0 aromatic heterocycles. The molecule has 0 spiro atoms. The third-order valence-corrected chi connectivity index (χ3v) is 11.6. The Morgan fingerprint density at radius 1 is 0.894 bits per heavy atom. The van der Waals surface area contributed by atoms with Gasteiger partial charge in [0.25, 0.3) is 5.91 Å². The number of aliphatic hydroxyl groups excluding tert-OH is 1. The van der Waals surface area contributed by atoms with Crippen LogP contribution >= 0.6 is 0 Å². The molecule has 1 aromatic carbocycles. The van der Waals surface area contributed by atoms with Crippen LogP contribution < -0.4 is 10.2 Å². The van der Waals surface area contributed by atoms with Gasteiger partial charge in [-0.3, -0.25) is 14.4 Å². The Hall–Kier alpha value is -3.42. The minimum absolute atomic E-state index is 0.0439. The highest BCUT2D eigenvalue weighted by Gasteiger charge is 2.48. The van der Waals surface area contributed by atoms with Crippen LogP contribution in [0.2, 0.25) is 0 Å². The van der Waals surface area contributed by atoms with Crippen LogP contribution in [-0.2, 0) is 14.4 Å². The van der Waals surface area contributed by atoms with Gasteiger partial charge in [-0.15, -0.1) is 0 Å². The Kier molecular flexibility index (Phi) is 10.5. The van der Waals surface area contributed by atoms with Gasteiger partial charge in [0.05, 0.1) is 34.2 Å². The zero-order valence-electron chi connectivity index (χ0n) is 28.8. The first-order valence-corrected chi connectivity index (χ1v) is 18.6. The van der Waals surface area contributed by atoms with Crippen molar-refractivity contribution in [2.45, 2.75) is 130 Å². The number of rotatable bonds is 11. The van der Waals surface area contributed by atoms with Gasteiger partial charge in [-0.25, -0.2) is 5.01 Å². The Morgan fingerprint density at radius 3 is 2.04 bits per heavy atom. The van der Waals surface area contributed by atoms with E-state index in [0.717, 1.165) is 50.9 Å². The number of hydrogen-bond acceptors (Lipinski definition) is 6. The van der Waals surface area contributed by atoms with E-state index in [2.05, 4.69) is 24.1 Å². The normalized spacial score (nSPS) is 23.1. The number of hydrogen-bond donors (Lipinski definition) is 2. The summed E-state index contributed by atoms with van der Waals surface area (Å²) in [6, 6.07) is 5.62. The number of hydrazone groups is 1. The summed E-state index contributed by atoms with van der Waals surface area (Å²) in [6.45, 7) is 7.16. The molecule has 6 rings (SSSR count).